The zero-order valence-electron chi connectivity index (χ0n) is 30.1. The summed E-state index contributed by atoms with van der Waals surface area (Å²) < 4.78 is 56.0. The fourth-order valence-corrected chi connectivity index (χ4v) is 6.45. The van der Waals surface area contributed by atoms with Crippen molar-refractivity contribution in [1.29, 1.82) is 0 Å². The van der Waals surface area contributed by atoms with Crippen molar-refractivity contribution in [3.8, 4) is 0 Å². The Hall–Kier alpha value is -4.87. The quantitative estimate of drug-likeness (QED) is 0.156. The van der Waals surface area contributed by atoms with Crippen LogP contribution in [0.4, 0.5) is 10.1 Å². The van der Waals surface area contributed by atoms with Crippen LogP contribution >= 0.6 is 0 Å². The molecule has 5 rings (SSSR count). The average molecular weight is 746 g/mol. The summed E-state index contributed by atoms with van der Waals surface area (Å²) in [7, 11) is 0. The van der Waals surface area contributed by atoms with Gasteiger partial charge in [0.2, 0.25) is 5.43 Å². The van der Waals surface area contributed by atoms with Gasteiger partial charge >= 0.3 is 29.8 Å². The lowest BCUT2D eigenvalue weighted by molar-refractivity contribution is -0.308. The summed E-state index contributed by atoms with van der Waals surface area (Å²) >= 11 is 0. The molecule has 0 unspecified atom stereocenters. The van der Waals surface area contributed by atoms with Crippen LogP contribution in [0.3, 0.4) is 0 Å². The highest BCUT2D eigenvalue weighted by Gasteiger charge is 2.52. The smallest absolute Gasteiger partial charge is 0.343 e. The number of hydrogen-bond donors (Lipinski definition) is 0. The first-order chi connectivity index (χ1) is 25.3. The van der Waals surface area contributed by atoms with E-state index in [1.807, 2.05) is 9.47 Å². The van der Waals surface area contributed by atoms with Crippen molar-refractivity contribution in [2.75, 3.05) is 57.4 Å². The number of anilines is 1. The molecule has 53 heavy (non-hydrogen) atoms. The largest absolute Gasteiger partial charge is 0.463 e. The molecule has 3 heterocycles. The van der Waals surface area contributed by atoms with Crippen LogP contribution in [0, 0.1) is 5.82 Å². The summed E-state index contributed by atoms with van der Waals surface area (Å²) in [5, 5.41) is 0.101. The van der Waals surface area contributed by atoms with E-state index in [-0.39, 0.29) is 36.8 Å². The second-order valence-electron chi connectivity index (χ2n) is 13.0. The molecule has 2 aromatic rings. The predicted octanol–water partition coefficient (Wildman–Crippen LogP) is 2.04. The SMILES string of the molecule is C=CCOC(=O)c1cn(C2CC2)c2cc(N3CCN(CCO[C@@H]4O[C@H](COC(C)=O)[C@H](OC(C)=O)[C@H](OC(C)=O)[C@H]4OC(C)=O)CC3)c(F)cc2c1=O. The first kappa shape index (κ1) is 39.3. The number of ether oxygens (including phenoxy) is 7. The Kier molecular flexibility index (Phi) is 12.8. The van der Waals surface area contributed by atoms with Crippen LogP contribution in [0.1, 0.15) is 56.9 Å². The van der Waals surface area contributed by atoms with Crippen molar-refractivity contribution in [1.82, 2.24) is 9.47 Å². The molecule has 0 amide bonds. The summed E-state index contributed by atoms with van der Waals surface area (Å²) in [5.74, 6) is -4.23. The molecule has 2 aliphatic heterocycles. The topological polar surface area (TPSA) is 178 Å². The minimum absolute atomic E-state index is 0.0545. The minimum atomic E-state index is -1.34. The lowest BCUT2D eigenvalue weighted by atomic mass is 9.98. The van der Waals surface area contributed by atoms with Crippen LogP contribution < -0.4 is 10.3 Å². The third kappa shape index (κ3) is 9.77. The number of nitrogens with zero attached hydrogens (tertiary/aromatic N) is 3. The maximum atomic E-state index is 15.7. The van der Waals surface area contributed by atoms with Crippen LogP contribution in [-0.2, 0) is 52.3 Å². The molecular weight excluding hydrogens is 701 g/mol. The number of carbonyl (C=O) groups excluding carboxylic acids is 5. The van der Waals surface area contributed by atoms with Crippen molar-refractivity contribution in [2.24, 2.45) is 0 Å². The van der Waals surface area contributed by atoms with Gasteiger partial charge in [0.15, 0.2) is 24.6 Å². The molecule has 0 spiro atoms. The van der Waals surface area contributed by atoms with Crippen molar-refractivity contribution in [3.63, 3.8) is 0 Å². The van der Waals surface area contributed by atoms with E-state index >= 15 is 4.39 Å². The van der Waals surface area contributed by atoms with E-state index in [0.717, 1.165) is 33.6 Å². The van der Waals surface area contributed by atoms with Crippen LogP contribution in [-0.4, -0.2) is 123 Å². The van der Waals surface area contributed by atoms with Crippen molar-refractivity contribution < 1.29 is 61.5 Å². The monoisotopic (exact) mass is 745 g/mol. The summed E-state index contributed by atoms with van der Waals surface area (Å²) in [5.41, 5.74) is 0.118. The number of piperazine rings is 1. The lowest BCUT2D eigenvalue weighted by Gasteiger charge is -2.44. The molecule has 1 aromatic heterocycles. The van der Waals surface area contributed by atoms with Gasteiger partial charge in [-0.25, -0.2) is 9.18 Å². The first-order valence-corrected chi connectivity index (χ1v) is 17.3. The third-order valence-corrected chi connectivity index (χ3v) is 8.94. The van der Waals surface area contributed by atoms with Gasteiger partial charge in [-0.2, -0.15) is 0 Å². The van der Waals surface area contributed by atoms with Crippen molar-refractivity contribution in [3.05, 3.63) is 52.6 Å². The minimum Gasteiger partial charge on any atom is -0.463 e. The van der Waals surface area contributed by atoms with Gasteiger partial charge in [0.05, 0.1) is 17.8 Å². The van der Waals surface area contributed by atoms with Gasteiger partial charge in [0.25, 0.3) is 0 Å². The van der Waals surface area contributed by atoms with Gasteiger partial charge < -0.3 is 42.6 Å². The van der Waals surface area contributed by atoms with Gasteiger partial charge in [-0.15, -0.1) is 0 Å². The van der Waals surface area contributed by atoms with Crippen LogP contribution in [0.5, 0.6) is 0 Å². The summed E-state index contributed by atoms with van der Waals surface area (Å²) in [4.78, 5) is 77.6. The molecule has 1 aromatic carbocycles. The van der Waals surface area contributed by atoms with Gasteiger partial charge in [0.1, 0.15) is 30.7 Å². The molecule has 1 aliphatic carbocycles. The van der Waals surface area contributed by atoms with Crippen molar-refractivity contribution in [2.45, 2.75) is 77.3 Å². The lowest BCUT2D eigenvalue weighted by Crippen LogP contribution is -2.63. The van der Waals surface area contributed by atoms with Crippen LogP contribution in [0.15, 0.2) is 35.8 Å². The van der Waals surface area contributed by atoms with Crippen LogP contribution in [0.25, 0.3) is 10.9 Å². The van der Waals surface area contributed by atoms with Crippen LogP contribution in [0.2, 0.25) is 0 Å². The second-order valence-corrected chi connectivity index (χ2v) is 13.0. The maximum Gasteiger partial charge on any atom is 0.343 e. The van der Waals surface area contributed by atoms with E-state index in [1.165, 1.54) is 25.3 Å². The molecule has 5 atom stereocenters. The fraction of sp³-hybridized carbons (Fsp3) is 0.556. The number of benzene rings is 1. The van der Waals surface area contributed by atoms with E-state index in [2.05, 4.69) is 11.5 Å². The van der Waals surface area contributed by atoms with E-state index in [0.29, 0.717) is 43.9 Å². The summed E-state index contributed by atoms with van der Waals surface area (Å²) in [6, 6.07) is 2.93. The molecule has 0 N–H and O–H groups in total. The summed E-state index contributed by atoms with van der Waals surface area (Å²) in [6.45, 7) is 10.1. The van der Waals surface area contributed by atoms with Gasteiger partial charge in [-0.1, -0.05) is 12.7 Å². The molecule has 1 saturated carbocycles. The van der Waals surface area contributed by atoms with Gasteiger partial charge in [-0.05, 0) is 25.0 Å². The van der Waals surface area contributed by atoms with E-state index in [4.69, 9.17) is 33.2 Å². The standard InChI is InChI=1S/C36H44FN3O13/c1-6-14-47-35(46)26-18-40(24-7-8-24)28-17-29(27(37)16-25(28)31(26)45)39-11-9-38(10-12-39)13-15-48-36-34(52-23(5)44)33(51-22(4)43)32(50-21(3)42)30(53-36)19-49-20(2)41/h6,16-18,24,30,32-34,36H,1,7-15,19H2,2-5H3/t30-,32+,33+,34-,36-/m1/s1. The number of rotatable bonds is 14. The van der Waals surface area contributed by atoms with E-state index < -0.39 is 71.8 Å². The summed E-state index contributed by atoms with van der Waals surface area (Å²) in [6.07, 6.45) is -1.75. The molecule has 2 saturated heterocycles. The maximum absolute atomic E-state index is 15.7. The number of aromatic nitrogens is 1. The number of fused-ring (bicyclic) bond motifs is 1. The molecule has 3 aliphatic rings. The Balaban J connectivity index is 1.26. The highest BCUT2D eigenvalue weighted by molar-refractivity contribution is 5.94. The highest BCUT2D eigenvalue weighted by Crippen LogP contribution is 2.38. The zero-order chi connectivity index (χ0) is 38.4. The predicted molar refractivity (Wildman–Crippen MR) is 183 cm³/mol. The van der Waals surface area contributed by atoms with Gasteiger partial charge in [-0.3, -0.25) is 28.9 Å². The molecule has 16 nitrogen and oxygen atoms in total. The Labute approximate surface area is 304 Å². The molecule has 17 heteroatoms. The molecule has 3 fully saturated rings. The Morgan fingerprint density at radius 1 is 0.887 bits per heavy atom. The van der Waals surface area contributed by atoms with Crippen molar-refractivity contribution >= 4 is 46.4 Å². The molecule has 0 bridgehead atoms. The number of esters is 5. The Bertz CT molecular complexity index is 1790. The number of hydrogen-bond acceptors (Lipinski definition) is 15. The number of halogens is 1. The van der Waals surface area contributed by atoms with E-state index in [1.54, 1.807) is 6.07 Å². The Morgan fingerprint density at radius 3 is 2.13 bits per heavy atom. The third-order valence-electron chi connectivity index (χ3n) is 8.94. The fourth-order valence-electron chi connectivity index (χ4n) is 6.45. The number of carbonyl (C=O) groups is 5. The average Bonchev–Trinajstić information content (AvgIpc) is 3.94. The molecule has 288 valence electrons. The Morgan fingerprint density at radius 2 is 1.53 bits per heavy atom. The first-order valence-electron chi connectivity index (χ1n) is 17.3. The van der Waals surface area contributed by atoms with E-state index in [9.17, 15) is 28.8 Å². The van der Waals surface area contributed by atoms with Gasteiger partial charge in [0, 0.05) is 78.0 Å². The number of pyridine rings is 1. The normalized spacial score (nSPS) is 23.2. The molecule has 0 radical (unpaired) electrons. The second kappa shape index (κ2) is 17.3. The molecular formula is C36H44FN3O13. The highest BCUT2D eigenvalue weighted by atomic mass is 19.1. The zero-order valence-corrected chi connectivity index (χ0v) is 30.1.